The highest BCUT2D eigenvalue weighted by Crippen LogP contribution is 2.25. The van der Waals surface area contributed by atoms with Crippen LogP contribution in [0.15, 0.2) is 94.5 Å². The Morgan fingerprint density at radius 3 is 2.22 bits per heavy atom. The highest BCUT2D eigenvalue weighted by Gasteiger charge is 2.15. The molecule has 2 heterocycles. The summed E-state index contributed by atoms with van der Waals surface area (Å²) in [4.78, 5) is 30.2. The molecule has 6 rings (SSSR count). The molecule has 6 aromatic rings. The predicted molar refractivity (Wildman–Crippen MR) is 132 cm³/mol. The van der Waals surface area contributed by atoms with E-state index in [1.54, 1.807) is 0 Å². The van der Waals surface area contributed by atoms with Gasteiger partial charge in [-0.3, -0.25) is 9.59 Å². The molecule has 0 radical (unpaired) electrons. The Morgan fingerprint density at radius 1 is 0.656 bits per heavy atom. The van der Waals surface area contributed by atoms with Gasteiger partial charge in [-0.05, 0) is 48.9 Å². The fraction of sp³-hybridized carbons (Fsp3) is 0.0714. The van der Waals surface area contributed by atoms with Crippen LogP contribution in [0.1, 0.15) is 11.1 Å². The number of para-hydroxylation sites is 1. The van der Waals surface area contributed by atoms with Gasteiger partial charge in [-0.1, -0.05) is 54.1 Å². The standard InChI is InChI=1S/C28H20N2O2/c1-17-11-12-25-21(13-17)28(32)22-14-24-20(27(31)19-9-5-6-10-23(19)29-24)15-26(22)30(25)16-18-7-3-2-4-8-18/h2-15H,16H2,1H3,(H,29,31). The van der Waals surface area contributed by atoms with Crippen molar-refractivity contribution in [2.24, 2.45) is 0 Å². The molecule has 0 fully saturated rings. The minimum atomic E-state index is -0.0287. The van der Waals surface area contributed by atoms with Crippen LogP contribution in [-0.2, 0) is 6.54 Å². The van der Waals surface area contributed by atoms with Crippen LogP contribution in [0.5, 0.6) is 0 Å². The van der Waals surface area contributed by atoms with Crippen molar-refractivity contribution in [3.63, 3.8) is 0 Å². The molecule has 0 aliphatic heterocycles. The molecule has 0 aliphatic rings. The van der Waals surface area contributed by atoms with Gasteiger partial charge in [-0.2, -0.15) is 0 Å². The molecule has 2 aromatic heterocycles. The molecule has 0 atom stereocenters. The van der Waals surface area contributed by atoms with Crippen molar-refractivity contribution in [1.82, 2.24) is 9.55 Å². The zero-order valence-corrected chi connectivity index (χ0v) is 17.6. The summed E-state index contributed by atoms with van der Waals surface area (Å²) in [6.45, 7) is 2.60. The number of hydrogen-bond donors (Lipinski definition) is 1. The normalized spacial score (nSPS) is 11.7. The zero-order valence-electron chi connectivity index (χ0n) is 17.6. The first-order chi connectivity index (χ1) is 15.6. The van der Waals surface area contributed by atoms with Crippen LogP contribution in [-0.4, -0.2) is 9.55 Å². The number of H-pyrrole nitrogens is 1. The number of aromatic amines is 1. The fourth-order valence-electron chi connectivity index (χ4n) is 4.64. The number of aromatic nitrogens is 2. The van der Waals surface area contributed by atoms with Crippen LogP contribution in [0.3, 0.4) is 0 Å². The number of nitrogens with one attached hydrogen (secondary N) is 1. The summed E-state index contributed by atoms with van der Waals surface area (Å²) in [6.07, 6.45) is 0. The van der Waals surface area contributed by atoms with Gasteiger partial charge in [0.1, 0.15) is 0 Å². The van der Waals surface area contributed by atoms with E-state index in [2.05, 4.69) is 21.7 Å². The molecule has 0 saturated carbocycles. The lowest BCUT2D eigenvalue weighted by atomic mass is 10.0. The summed E-state index contributed by atoms with van der Waals surface area (Å²) in [5.74, 6) is 0. The van der Waals surface area contributed by atoms with Crippen molar-refractivity contribution >= 4 is 43.6 Å². The first kappa shape index (κ1) is 18.6. The van der Waals surface area contributed by atoms with E-state index in [-0.39, 0.29) is 10.9 Å². The summed E-state index contributed by atoms with van der Waals surface area (Å²) in [7, 11) is 0. The van der Waals surface area contributed by atoms with Gasteiger partial charge in [-0.15, -0.1) is 0 Å². The summed E-state index contributed by atoms with van der Waals surface area (Å²) in [5, 5.41) is 2.53. The highest BCUT2D eigenvalue weighted by atomic mass is 16.1. The van der Waals surface area contributed by atoms with E-state index < -0.39 is 0 Å². The largest absolute Gasteiger partial charge is 0.354 e. The summed E-state index contributed by atoms with van der Waals surface area (Å²) in [6, 6.07) is 27.3. The van der Waals surface area contributed by atoms with E-state index in [1.165, 1.54) is 0 Å². The summed E-state index contributed by atoms with van der Waals surface area (Å²) >= 11 is 0. The molecule has 0 bridgehead atoms. The van der Waals surface area contributed by atoms with Gasteiger partial charge >= 0.3 is 0 Å². The maximum absolute atomic E-state index is 13.5. The molecule has 4 aromatic carbocycles. The molecule has 0 unspecified atom stereocenters. The Kier molecular flexibility index (Phi) is 4.02. The number of hydrogen-bond acceptors (Lipinski definition) is 2. The SMILES string of the molecule is Cc1ccc2c(c1)c(=O)c1cc3[nH]c4ccccc4c(=O)c3cc1n2Cc1ccccc1. The predicted octanol–water partition coefficient (Wildman–Crippen LogP) is 5.51. The van der Waals surface area contributed by atoms with Gasteiger partial charge in [0, 0.05) is 33.6 Å². The summed E-state index contributed by atoms with van der Waals surface area (Å²) < 4.78 is 2.15. The topological polar surface area (TPSA) is 54.9 Å². The molecule has 32 heavy (non-hydrogen) atoms. The van der Waals surface area contributed by atoms with Gasteiger partial charge < -0.3 is 9.55 Å². The molecule has 0 amide bonds. The lowest BCUT2D eigenvalue weighted by molar-refractivity contribution is 0.862. The minimum absolute atomic E-state index is 0.0149. The van der Waals surface area contributed by atoms with E-state index in [0.29, 0.717) is 33.6 Å². The average molecular weight is 416 g/mol. The first-order valence-electron chi connectivity index (χ1n) is 10.7. The zero-order chi connectivity index (χ0) is 21.8. The van der Waals surface area contributed by atoms with Crippen molar-refractivity contribution in [2.75, 3.05) is 0 Å². The Hall–Kier alpha value is -4.18. The highest BCUT2D eigenvalue weighted by molar-refractivity contribution is 6.03. The number of benzene rings is 4. The van der Waals surface area contributed by atoms with Gasteiger partial charge in [0.25, 0.3) is 0 Å². The Bertz CT molecular complexity index is 1790. The molecular formula is C28H20N2O2. The maximum atomic E-state index is 13.5. The van der Waals surface area contributed by atoms with Gasteiger partial charge in [0.2, 0.25) is 0 Å². The molecule has 4 heteroatoms. The third-order valence-electron chi connectivity index (χ3n) is 6.23. The van der Waals surface area contributed by atoms with E-state index in [9.17, 15) is 9.59 Å². The molecule has 1 N–H and O–H groups in total. The van der Waals surface area contributed by atoms with Gasteiger partial charge in [0.05, 0.1) is 16.6 Å². The second-order valence-electron chi connectivity index (χ2n) is 8.34. The molecule has 4 nitrogen and oxygen atoms in total. The summed E-state index contributed by atoms with van der Waals surface area (Å²) in [5.41, 5.74) is 5.21. The Balaban J connectivity index is 1.80. The number of rotatable bonds is 2. The third kappa shape index (κ3) is 2.77. The lowest BCUT2D eigenvalue weighted by Gasteiger charge is -2.17. The van der Waals surface area contributed by atoms with Gasteiger partial charge in [0.15, 0.2) is 10.9 Å². The molecule has 0 saturated heterocycles. The quantitative estimate of drug-likeness (QED) is 0.379. The van der Waals surface area contributed by atoms with E-state index in [0.717, 1.165) is 27.7 Å². The molecule has 0 aliphatic carbocycles. The van der Waals surface area contributed by atoms with E-state index in [4.69, 9.17) is 0 Å². The van der Waals surface area contributed by atoms with Gasteiger partial charge in [-0.25, -0.2) is 0 Å². The lowest BCUT2D eigenvalue weighted by Crippen LogP contribution is -2.14. The Labute approximate surface area is 183 Å². The van der Waals surface area contributed by atoms with Crippen LogP contribution in [0, 0.1) is 6.92 Å². The maximum Gasteiger partial charge on any atom is 0.197 e. The van der Waals surface area contributed by atoms with Crippen LogP contribution in [0.4, 0.5) is 0 Å². The van der Waals surface area contributed by atoms with Crippen LogP contribution in [0.25, 0.3) is 43.6 Å². The molecule has 154 valence electrons. The first-order valence-corrected chi connectivity index (χ1v) is 10.7. The Morgan fingerprint density at radius 2 is 1.38 bits per heavy atom. The van der Waals surface area contributed by atoms with Crippen molar-refractivity contribution < 1.29 is 0 Å². The number of nitrogens with zero attached hydrogens (tertiary/aromatic N) is 1. The fourth-order valence-corrected chi connectivity index (χ4v) is 4.64. The van der Waals surface area contributed by atoms with Crippen molar-refractivity contribution in [2.45, 2.75) is 13.5 Å². The number of fused-ring (bicyclic) bond motifs is 4. The second-order valence-corrected chi connectivity index (χ2v) is 8.34. The van der Waals surface area contributed by atoms with Crippen molar-refractivity contribution in [1.29, 1.82) is 0 Å². The van der Waals surface area contributed by atoms with Crippen molar-refractivity contribution in [3.05, 3.63) is 117 Å². The molecule has 0 spiro atoms. The van der Waals surface area contributed by atoms with Crippen molar-refractivity contribution in [3.8, 4) is 0 Å². The van der Waals surface area contributed by atoms with E-state index in [1.807, 2.05) is 79.7 Å². The van der Waals surface area contributed by atoms with Crippen LogP contribution < -0.4 is 10.9 Å². The minimum Gasteiger partial charge on any atom is -0.354 e. The second kappa shape index (κ2) is 6.92. The monoisotopic (exact) mass is 416 g/mol. The number of pyridine rings is 2. The smallest absolute Gasteiger partial charge is 0.197 e. The van der Waals surface area contributed by atoms with E-state index >= 15 is 0 Å². The molecular weight excluding hydrogens is 396 g/mol. The van der Waals surface area contributed by atoms with Crippen LogP contribution >= 0.6 is 0 Å². The van der Waals surface area contributed by atoms with Crippen LogP contribution in [0.2, 0.25) is 0 Å². The number of aryl methyl sites for hydroxylation is 1. The average Bonchev–Trinajstić information content (AvgIpc) is 2.82. The third-order valence-corrected chi connectivity index (χ3v) is 6.23.